The molecule has 0 unspecified atom stereocenters. The first kappa shape index (κ1) is 14.3. The van der Waals surface area contributed by atoms with Gasteiger partial charge < -0.3 is 4.74 Å². The van der Waals surface area contributed by atoms with Gasteiger partial charge in [-0.3, -0.25) is 0 Å². The molecule has 1 heterocycles. The summed E-state index contributed by atoms with van der Waals surface area (Å²) in [6, 6.07) is -0.439. The minimum atomic E-state index is -4.25. The molecule has 0 bridgehead atoms. The molecule has 0 aliphatic heterocycles. The predicted molar refractivity (Wildman–Crippen MR) is 62.5 cm³/mol. The maximum atomic E-state index is 11.6. The lowest BCUT2D eigenvalue weighted by molar-refractivity contribution is 0.310. The van der Waals surface area contributed by atoms with Crippen LogP contribution in [0.15, 0.2) is 36.6 Å². The van der Waals surface area contributed by atoms with Gasteiger partial charge in [-0.15, -0.1) is 0 Å². The smallest absolute Gasteiger partial charge is 0.321 e. The van der Waals surface area contributed by atoms with Gasteiger partial charge in [0.1, 0.15) is 12.7 Å². The van der Waals surface area contributed by atoms with Gasteiger partial charge in [0.05, 0.1) is 0 Å². The largest absolute Gasteiger partial charge is 0.427 e. The van der Waals surface area contributed by atoms with Crippen LogP contribution in [-0.2, 0) is 19.7 Å². The third kappa shape index (κ3) is 3.11. The third-order valence-electron chi connectivity index (χ3n) is 1.67. The van der Waals surface area contributed by atoms with Gasteiger partial charge in [-0.2, -0.15) is 9.97 Å². The molecule has 1 aromatic rings. The molecule has 0 spiro atoms. The number of hydrogen-bond donors (Lipinski definition) is 0. The first-order valence-electron chi connectivity index (χ1n) is 4.35. The molecule has 0 fully saturated rings. The maximum absolute atomic E-state index is 11.6. The van der Waals surface area contributed by atoms with Gasteiger partial charge in [-0.25, -0.2) is 21.8 Å². The van der Waals surface area contributed by atoms with Gasteiger partial charge in [-0.05, 0) is 0 Å². The molecule has 98 valence electrons. The zero-order valence-corrected chi connectivity index (χ0v) is 10.6. The number of ether oxygens (including phenoxy) is 1. The highest BCUT2D eigenvalue weighted by atomic mass is 32.3. The predicted octanol–water partition coefficient (Wildman–Crippen LogP) is -0.349. The molecule has 0 atom stereocenters. The summed E-state index contributed by atoms with van der Waals surface area (Å²) in [5.41, 5.74) is 0. The lowest BCUT2D eigenvalue weighted by Gasteiger charge is -2.14. The average molecular weight is 291 g/mol. The Morgan fingerprint density at radius 3 is 1.89 bits per heavy atom. The zero-order valence-electron chi connectivity index (χ0n) is 9.00. The summed E-state index contributed by atoms with van der Waals surface area (Å²) in [5, 5.41) is 0.944. The van der Waals surface area contributed by atoms with E-state index in [1.807, 2.05) is 0 Å². The molecular weight excluding hydrogens is 282 g/mol. The molecule has 0 amide bonds. The van der Waals surface area contributed by atoms with Crippen molar-refractivity contribution < 1.29 is 21.6 Å². The van der Waals surface area contributed by atoms with Crippen LogP contribution in [0.1, 0.15) is 0 Å². The van der Waals surface area contributed by atoms with Crippen molar-refractivity contribution in [2.24, 2.45) is 0 Å². The molecule has 0 aliphatic rings. The summed E-state index contributed by atoms with van der Waals surface area (Å²) in [7, 11) is -8.49. The zero-order chi connectivity index (χ0) is 13.8. The number of rotatable bonds is 6. The number of nitrogens with zero attached hydrogens (tertiary/aromatic N) is 3. The Kier molecular flexibility index (Phi) is 4.14. The first-order valence-corrected chi connectivity index (χ1v) is 7.56. The van der Waals surface area contributed by atoms with Crippen molar-refractivity contribution in [2.45, 2.75) is 4.77 Å². The van der Waals surface area contributed by atoms with Crippen LogP contribution in [0, 0.1) is 0 Å². The van der Waals surface area contributed by atoms with Gasteiger partial charge in [0, 0.05) is 10.8 Å². The molecule has 10 heteroatoms. The number of hydrogen-bond acceptors (Lipinski definition) is 8. The van der Waals surface area contributed by atoms with Gasteiger partial charge >= 0.3 is 10.8 Å². The molecule has 0 saturated heterocycles. The van der Waals surface area contributed by atoms with Crippen LogP contribution in [0.2, 0.25) is 0 Å². The van der Waals surface area contributed by atoms with E-state index in [1.165, 1.54) is 0 Å². The third-order valence-corrected chi connectivity index (χ3v) is 5.48. The maximum Gasteiger partial charge on any atom is 0.321 e. The van der Waals surface area contributed by atoms with Crippen LogP contribution in [0.5, 0.6) is 6.01 Å². The van der Waals surface area contributed by atoms with Crippen LogP contribution in [0.25, 0.3) is 0 Å². The highest BCUT2D eigenvalue weighted by molar-refractivity contribution is 8.11. The fourth-order valence-electron chi connectivity index (χ4n) is 0.854. The minimum Gasteiger partial charge on any atom is -0.427 e. The molecule has 0 aliphatic carbocycles. The summed E-state index contributed by atoms with van der Waals surface area (Å²) in [6.07, 6.45) is 2.06. The summed E-state index contributed by atoms with van der Waals surface area (Å²) in [5.74, 6) is 0. The van der Waals surface area contributed by atoms with Crippen LogP contribution in [0.3, 0.4) is 0 Å². The van der Waals surface area contributed by atoms with E-state index in [-0.39, 0.29) is 0 Å². The minimum absolute atomic E-state index is 0.439. The van der Waals surface area contributed by atoms with E-state index < -0.39 is 30.5 Å². The molecular formula is C8H9N3O5S2. The van der Waals surface area contributed by atoms with Gasteiger partial charge in [-0.1, -0.05) is 13.2 Å². The first-order chi connectivity index (χ1) is 8.33. The fourth-order valence-corrected chi connectivity index (χ4v) is 3.58. The van der Waals surface area contributed by atoms with E-state index in [0.717, 1.165) is 12.7 Å². The highest BCUT2D eigenvalue weighted by Gasteiger charge is 2.36. The molecule has 0 radical (unpaired) electrons. The SMILES string of the molecule is C=CS(=O)(=O)C(Oc1ncncn1)S(=O)(=O)C=C. The van der Waals surface area contributed by atoms with Gasteiger partial charge in [0.2, 0.25) is 19.7 Å². The van der Waals surface area contributed by atoms with E-state index in [1.54, 1.807) is 0 Å². The Morgan fingerprint density at radius 1 is 1.06 bits per heavy atom. The molecule has 8 nitrogen and oxygen atoms in total. The lowest BCUT2D eigenvalue weighted by atomic mass is 11.0. The number of aromatic nitrogens is 3. The van der Waals surface area contributed by atoms with Crippen molar-refractivity contribution in [3.8, 4) is 6.01 Å². The fraction of sp³-hybridized carbons (Fsp3) is 0.125. The molecule has 0 aromatic carbocycles. The Bertz CT molecular complexity index is 601. The van der Waals surface area contributed by atoms with Crippen LogP contribution >= 0.6 is 0 Å². The topological polar surface area (TPSA) is 116 Å². The van der Waals surface area contributed by atoms with Gasteiger partial charge in [0.15, 0.2) is 0 Å². The molecule has 0 N–H and O–H groups in total. The second kappa shape index (κ2) is 5.23. The summed E-state index contributed by atoms with van der Waals surface area (Å²) in [6.45, 7) is 6.05. The van der Waals surface area contributed by atoms with Crippen molar-refractivity contribution in [1.29, 1.82) is 0 Å². The van der Waals surface area contributed by atoms with Crippen molar-refractivity contribution in [2.75, 3.05) is 0 Å². The molecule has 1 aromatic heterocycles. The second-order valence-electron chi connectivity index (χ2n) is 2.84. The Labute approximate surface area is 104 Å². The average Bonchev–Trinajstić information content (AvgIpc) is 2.37. The summed E-state index contributed by atoms with van der Waals surface area (Å²) >= 11 is 0. The highest BCUT2D eigenvalue weighted by Crippen LogP contribution is 2.16. The lowest BCUT2D eigenvalue weighted by Crippen LogP contribution is -2.33. The van der Waals surface area contributed by atoms with E-state index >= 15 is 0 Å². The van der Waals surface area contributed by atoms with Crippen LogP contribution < -0.4 is 4.74 Å². The molecule has 1 rings (SSSR count). The molecule has 0 saturated carbocycles. The van der Waals surface area contributed by atoms with E-state index in [4.69, 9.17) is 4.74 Å². The van der Waals surface area contributed by atoms with E-state index in [9.17, 15) is 16.8 Å². The van der Waals surface area contributed by atoms with E-state index in [0.29, 0.717) is 10.8 Å². The summed E-state index contributed by atoms with van der Waals surface area (Å²) in [4.78, 5) is 10.4. The van der Waals surface area contributed by atoms with Crippen molar-refractivity contribution in [3.63, 3.8) is 0 Å². The van der Waals surface area contributed by atoms with Crippen LogP contribution in [-0.4, -0.2) is 36.6 Å². The number of sulfone groups is 2. The Hall–Kier alpha value is -1.81. The van der Waals surface area contributed by atoms with Crippen molar-refractivity contribution >= 4 is 19.7 Å². The van der Waals surface area contributed by atoms with Crippen molar-refractivity contribution in [1.82, 2.24) is 15.0 Å². The standard InChI is InChI=1S/C8H9N3O5S2/c1-3-17(12,13)8(18(14,15)4-2)16-7-10-5-9-6-11-7/h3-6,8H,1-2H2. The second-order valence-corrected chi connectivity index (χ2v) is 7.02. The Balaban J connectivity index is 3.24. The normalized spacial score (nSPS) is 12.1. The summed E-state index contributed by atoms with van der Waals surface area (Å²) < 4.78 is 48.8. The quantitative estimate of drug-likeness (QED) is 0.698. The van der Waals surface area contributed by atoms with Crippen LogP contribution in [0.4, 0.5) is 0 Å². The monoisotopic (exact) mass is 291 g/mol. The van der Waals surface area contributed by atoms with Gasteiger partial charge in [0.25, 0.3) is 0 Å². The van der Waals surface area contributed by atoms with Crippen molar-refractivity contribution in [3.05, 3.63) is 36.6 Å². The van der Waals surface area contributed by atoms with E-state index in [2.05, 4.69) is 28.1 Å². The Morgan fingerprint density at radius 2 is 1.50 bits per heavy atom. The molecule has 18 heavy (non-hydrogen) atoms.